The van der Waals surface area contributed by atoms with Gasteiger partial charge in [0.2, 0.25) is 0 Å². The van der Waals surface area contributed by atoms with E-state index in [-0.39, 0.29) is 12.0 Å². The van der Waals surface area contributed by atoms with Crippen molar-refractivity contribution in [3.05, 3.63) is 0 Å². The molecule has 5 nitrogen and oxygen atoms in total. The summed E-state index contributed by atoms with van der Waals surface area (Å²) >= 11 is 0. The zero-order chi connectivity index (χ0) is 14.3. The normalized spacial score (nSPS) is 34.7. The maximum absolute atomic E-state index is 11.2. The second-order valence-corrected chi connectivity index (χ2v) is 7.21. The van der Waals surface area contributed by atoms with Gasteiger partial charge in [-0.1, -0.05) is 6.92 Å². The quantitative estimate of drug-likeness (QED) is 0.773. The average molecular weight is 281 g/mol. The molecule has 1 aliphatic carbocycles. The van der Waals surface area contributed by atoms with Gasteiger partial charge in [0.15, 0.2) is 0 Å². The zero-order valence-electron chi connectivity index (χ0n) is 12.6. The van der Waals surface area contributed by atoms with Crippen LogP contribution in [-0.2, 0) is 4.79 Å². The summed E-state index contributed by atoms with van der Waals surface area (Å²) in [6, 6.07) is 1.38. The number of hydrogen-bond acceptors (Lipinski definition) is 4. The Balaban J connectivity index is 1.52. The van der Waals surface area contributed by atoms with E-state index in [1.807, 2.05) is 0 Å². The number of piperidine rings is 1. The molecule has 114 valence electrons. The van der Waals surface area contributed by atoms with Gasteiger partial charge in [-0.2, -0.15) is 0 Å². The fraction of sp³-hybridized carbons (Fsp3) is 0.933. The molecule has 20 heavy (non-hydrogen) atoms. The molecule has 3 aliphatic rings. The third-order valence-electron chi connectivity index (χ3n) is 5.33. The van der Waals surface area contributed by atoms with Crippen LogP contribution in [0.4, 0.5) is 0 Å². The van der Waals surface area contributed by atoms with E-state index >= 15 is 0 Å². The summed E-state index contributed by atoms with van der Waals surface area (Å²) in [5.41, 5.74) is -0.0988. The first-order valence-corrected chi connectivity index (χ1v) is 7.90. The van der Waals surface area contributed by atoms with Gasteiger partial charge < -0.3 is 15.3 Å². The van der Waals surface area contributed by atoms with Crippen LogP contribution in [0.1, 0.15) is 32.6 Å². The lowest BCUT2D eigenvalue weighted by Crippen LogP contribution is -2.71. The number of hydrogen-bond donors (Lipinski definition) is 2. The molecule has 5 heteroatoms. The lowest BCUT2D eigenvalue weighted by atomic mass is 9.83. The van der Waals surface area contributed by atoms with Crippen LogP contribution in [0.25, 0.3) is 0 Å². The highest BCUT2D eigenvalue weighted by Crippen LogP contribution is 2.34. The molecular formula is C15H27N3O2. The van der Waals surface area contributed by atoms with E-state index in [0.29, 0.717) is 6.04 Å². The van der Waals surface area contributed by atoms with Crippen LogP contribution in [0.3, 0.4) is 0 Å². The van der Waals surface area contributed by atoms with Gasteiger partial charge in [-0.25, -0.2) is 0 Å². The molecule has 0 aromatic heterocycles. The van der Waals surface area contributed by atoms with Gasteiger partial charge in [0.1, 0.15) is 0 Å². The summed E-state index contributed by atoms with van der Waals surface area (Å²) in [6.07, 6.45) is 3.94. The van der Waals surface area contributed by atoms with Crippen LogP contribution >= 0.6 is 0 Å². The molecule has 2 heterocycles. The minimum Gasteiger partial charge on any atom is -0.481 e. The predicted molar refractivity (Wildman–Crippen MR) is 77.8 cm³/mol. The molecule has 1 saturated carbocycles. The number of likely N-dealkylation sites (N-methyl/N-ethyl adjacent to an activating group) is 1. The molecule has 2 atom stereocenters. The summed E-state index contributed by atoms with van der Waals surface area (Å²) in [4.78, 5) is 15.8. The Bertz CT molecular complexity index is 373. The summed E-state index contributed by atoms with van der Waals surface area (Å²) < 4.78 is 0. The van der Waals surface area contributed by atoms with E-state index in [4.69, 9.17) is 0 Å². The van der Waals surface area contributed by atoms with Crippen molar-refractivity contribution in [2.45, 2.75) is 50.2 Å². The van der Waals surface area contributed by atoms with Crippen LogP contribution in [0.5, 0.6) is 0 Å². The van der Waals surface area contributed by atoms with E-state index in [0.717, 1.165) is 51.0 Å². The first-order valence-electron chi connectivity index (χ1n) is 7.90. The smallest absolute Gasteiger partial charge is 0.305 e. The first-order chi connectivity index (χ1) is 9.48. The standard InChI is InChI=1S/C15H27N3O2/c1-11-7-13(11)16-12-3-5-18(6-4-12)15(8-14(19)20)9-17(2)10-15/h11-13,16H,3-10H2,1-2H3,(H,19,20)/t11-,13-/m1/s1. The van der Waals surface area contributed by atoms with Crippen LogP contribution in [-0.4, -0.2) is 71.7 Å². The molecule has 0 spiro atoms. The van der Waals surface area contributed by atoms with Crippen molar-refractivity contribution in [1.82, 2.24) is 15.1 Å². The van der Waals surface area contributed by atoms with Gasteiger partial charge in [-0.15, -0.1) is 0 Å². The van der Waals surface area contributed by atoms with Gasteiger partial charge in [-0.3, -0.25) is 9.69 Å². The number of rotatable bonds is 5. The highest BCUT2D eigenvalue weighted by molar-refractivity contribution is 5.68. The molecular weight excluding hydrogens is 254 g/mol. The number of carboxylic acid groups (broad SMARTS) is 1. The predicted octanol–water partition coefficient (Wildman–Crippen LogP) is 0.608. The molecule has 2 saturated heterocycles. The summed E-state index contributed by atoms with van der Waals surface area (Å²) in [7, 11) is 2.07. The van der Waals surface area contributed by atoms with Crippen molar-refractivity contribution in [2.24, 2.45) is 5.92 Å². The molecule has 3 rings (SSSR count). The number of carbonyl (C=O) groups is 1. The average Bonchev–Trinajstić information content (AvgIpc) is 3.03. The molecule has 0 aromatic rings. The fourth-order valence-electron chi connectivity index (χ4n) is 4.04. The van der Waals surface area contributed by atoms with Crippen molar-refractivity contribution in [3.8, 4) is 0 Å². The Labute approximate surface area is 121 Å². The van der Waals surface area contributed by atoms with Crippen molar-refractivity contribution in [2.75, 3.05) is 33.2 Å². The van der Waals surface area contributed by atoms with Gasteiger partial charge in [0.05, 0.1) is 12.0 Å². The van der Waals surface area contributed by atoms with Crippen LogP contribution in [0.15, 0.2) is 0 Å². The highest BCUT2D eigenvalue weighted by atomic mass is 16.4. The zero-order valence-corrected chi connectivity index (χ0v) is 12.6. The van der Waals surface area contributed by atoms with Gasteiger partial charge >= 0.3 is 5.97 Å². The van der Waals surface area contributed by atoms with Crippen molar-refractivity contribution in [3.63, 3.8) is 0 Å². The number of nitrogens with zero attached hydrogens (tertiary/aromatic N) is 2. The van der Waals surface area contributed by atoms with Gasteiger partial charge in [0, 0.05) is 38.3 Å². The fourth-order valence-corrected chi connectivity index (χ4v) is 4.04. The van der Waals surface area contributed by atoms with E-state index in [9.17, 15) is 9.90 Å². The monoisotopic (exact) mass is 281 g/mol. The molecule has 0 radical (unpaired) electrons. The topological polar surface area (TPSA) is 55.8 Å². The van der Waals surface area contributed by atoms with Crippen LogP contribution in [0.2, 0.25) is 0 Å². The number of likely N-dealkylation sites (tertiary alicyclic amines) is 2. The molecule has 0 aromatic carbocycles. The Morgan fingerprint density at radius 2 is 1.95 bits per heavy atom. The summed E-state index contributed by atoms with van der Waals surface area (Å²) in [5.74, 6) is 0.191. The van der Waals surface area contributed by atoms with Crippen molar-refractivity contribution < 1.29 is 9.90 Å². The Kier molecular flexibility index (Phi) is 3.77. The van der Waals surface area contributed by atoms with E-state index in [1.165, 1.54) is 6.42 Å². The number of nitrogens with one attached hydrogen (secondary N) is 1. The minimum atomic E-state index is -0.662. The maximum Gasteiger partial charge on any atom is 0.305 e. The summed E-state index contributed by atoms with van der Waals surface area (Å²) in [5, 5.41) is 12.9. The van der Waals surface area contributed by atoms with Crippen LogP contribution < -0.4 is 5.32 Å². The second kappa shape index (κ2) is 5.28. The van der Waals surface area contributed by atoms with E-state index in [1.54, 1.807) is 0 Å². The Hall–Kier alpha value is -0.650. The molecule has 3 fully saturated rings. The van der Waals surface area contributed by atoms with E-state index < -0.39 is 5.97 Å². The van der Waals surface area contributed by atoms with Crippen molar-refractivity contribution in [1.29, 1.82) is 0 Å². The highest BCUT2D eigenvalue weighted by Gasteiger charge is 2.48. The van der Waals surface area contributed by atoms with Gasteiger partial charge in [0.25, 0.3) is 0 Å². The van der Waals surface area contributed by atoms with Crippen molar-refractivity contribution >= 4 is 5.97 Å². The number of aliphatic carboxylic acids is 1. The SMILES string of the molecule is C[C@@H]1C[C@H]1NC1CCN(C2(CC(=O)O)CN(C)C2)CC1. The maximum atomic E-state index is 11.2. The lowest BCUT2D eigenvalue weighted by Gasteiger charge is -2.56. The Morgan fingerprint density at radius 1 is 1.35 bits per heavy atom. The third kappa shape index (κ3) is 2.85. The molecule has 0 amide bonds. The van der Waals surface area contributed by atoms with Crippen LogP contribution in [0, 0.1) is 5.92 Å². The summed E-state index contributed by atoms with van der Waals surface area (Å²) in [6.45, 7) is 6.19. The minimum absolute atomic E-state index is 0.0988. The lowest BCUT2D eigenvalue weighted by molar-refractivity contribution is -0.146. The molecule has 0 unspecified atom stereocenters. The Morgan fingerprint density at radius 3 is 2.40 bits per heavy atom. The van der Waals surface area contributed by atoms with E-state index in [2.05, 4.69) is 29.1 Å². The molecule has 0 bridgehead atoms. The van der Waals surface area contributed by atoms with Gasteiger partial charge in [-0.05, 0) is 32.2 Å². The third-order valence-corrected chi connectivity index (χ3v) is 5.33. The second-order valence-electron chi connectivity index (χ2n) is 7.21. The molecule has 2 N–H and O–H groups in total. The number of carboxylic acids is 1. The first kappa shape index (κ1) is 14.3. The largest absolute Gasteiger partial charge is 0.481 e. The molecule has 2 aliphatic heterocycles.